The first-order valence-electron chi connectivity index (χ1n) is 5.09. The van der Waals surface area contributed by atoms with Gasteiger partial charge in [-0.3, -0.25) is 0 Å². The number of aliphatic hydroxyl groups excluding tert-OH is 1. The fourth-order valence-electron chi connectivity index (χ4n) is 1.46. The Balaban J connectivity index is 3.62. The zero-order valence-electron chi connectivity index (χ0n) is 9.79. The Labute approximate surface area is 96.9 Å². The van der Waals surface area contributed by atoms with Gasteiger partial charge in [-0.05, 0) is 6.92 Å². The first-order valence-corrected chi connectivity index (χ1v) is 5.09. The minimum Gasteiger partial charge on any atom is -0.392 e. The summed E-state index contributed by atoms with van der Waals surface area (Å²) in [6.07, 6.45) is 0.537. The van der Waals surface area contributed by atoms with Crippen molar-refractivity contribution in [3.05, 3.63) is 44.1 Å². The molecule has 1 rings (SSSR count). The van der Waals surface area contributed by atoms with E-state index in [-0.39, 0.29) is 13.1 Å². The smallest absolute Gasteiger partial charge is 0.336 e. The molecule has 1 aromatic heterocycles. The molecule has 0 saturated heterocycles. The van der Waals surface area contributed by atoms with Gasteiger partial charge in [-0.1, -0.05) is 6.08 Å². The summed E-state index contributed by atoms with van der Waals surface area (Å²) >= 11 is 0. The molecule has 0 aromatic carbocycles. The summed E-state index contributed by atoms with van der Waals surface area (Å²) in [5.74, 6) is 0. The van der Waals surface area contributed by atoms with Gasteiger partial charge in [0.1, 0.15) is 0 Å². The van der Waals surface area contributed by atoms with Crippen LogP contribution in [0.5, 0.6) is 0 Å². The van der Waals surface area contributed by atoms with Crippen molar-refractivity contribution >= 4 is 0 Å². The molecule has 0 aliphatic carbocycles. The monoisotopic (exact) mass is 241 g/mol. The van der Waals surface area contributed by atoms with E-state index >= 15 is 0 Å². The molecule has 94 valence electrons. The van der Waals surface area contributed by atoms with Crippen LogP contribution in [-0.4, -0.2) is 24.9 Å². The van der Waals surface area contributed by atoms with Crippen molar-refractivity contribution in [3.8, 4) is 0 Å². The molecule has 0 spiro atoms. The zero-order valence-corrected chi connectivity index (χ0v) is 9.79. The molecule has 1 N–H and O–H groups in total. The molecule has 0 bridgehead atoms. The summed E-state index contributed by atoms with van der Waals surface area (Å²) in [6, 6.07) is 0. The van der Waals surface area contributed by atoms with E-state index in [1.54, 1.807) is 0 Å². The summed E-state index contributed by atoms with van der Waals surface area (Å²) in [7, 11) is 1.28. The van der Waals surface area contributed by atoms with Gasteiger partial charge in [-0.25, -0.2) is 28.1 Å². The van der Waals surface area contributed by atoms with Crippen molar-refractivity contribution in [2.45, 2.75) is 26.1 Å². The molecule has 1 aromatic rings. The molecule has 0 radical (unpaired) electrons. The molecule has 0 aliphatic heterocycles. The summed E-state index contributed by atoms with van der Waals surface area (Å²) in [4.78, 5) is 35.2. The van der Waals surface area contributed by atoms with Crippen LogP contribution >= 0.6 is 0 Å². The van der Waals surface area contributed by atoms with Crippen LogP contribution in [0.25, 0.3) is 0 Å². The van der Waals surface area contributed by atoms with Gasteiger partial charge in [-0.15, -0.1) is 6.58 Å². The van der Waals surface area contributed by atoms with Crippen LogP contribution in [0.15, 0.2) is 27.0 Å². The fraction of sp³-hybridized carbons (Fsp3) is 0.500. The van der Waals surface area contributed by atoms with Gasteiger partial charge in [0.05, 0.1) is 19.2 Å². The van der Waals surface area contributed by atoms with E-state index in [9.17, 15) is 19.5 Å². The van der Waals surface area contributed by atoms with Crippen LogP contribution in [-0.2, 0) is 20.1 Å². The molecule has 1 unspecified atom stereocenters. The van der Waals surface area contributed by atoms with Gasteiger partial charge in [0, 0.05) is 7.05 Å². The number of aromatic nitrogens is 3. The van der Waals surface area contributed by atoms with Gasteiger partial charge in [0.2, 0.25) is 0 Å². The summed E-state index contributed by atoms with van der Waals surface area (Å²) in [5.41, 5.74) is -2.16. The Morgan fingerprint density at radius 1 is 1.24 bits per heavy atom. The third-order valence-corrected chi connectivity index (χ3v) is 2.26. The van der Waals surface area contributed by atoms with E-state index < -0.39 is 23.2 Å². The maximum absolute atomic E-state index is 11.8. The predicted molar refractivity (Wildman–Crippen MR) is 62.1 cm³/mol. The summed E-state index contributed by atoms with van der Waals surface area (Å²) in [5, 5.41) is 9.22. The highest BCUT2D eigenvalue weighted by molar-refractivity contribution is 4.81. The fourth-order valence-corrected chi connectivity index (χ4v) is 1.46. The second kappa shape index (κ2) is 4.96. The lowest BCUT2D eigenvalue weighted by Gasteiger charge is -2.11. The number of aliphatic hydroxyl groups is 1. The third-order valence-electron chi connectivity index (χ3n) is 2.26. The number of allylic oxidation sites excluding steroid dienone is 1. The zero-order chi connectivity index (χ0) is 13.2. The van der Waals surface area contributed by atoms with Crippen LogP contribution in [0.2, 0.25) is 0 Å². The Morgan fingerprint density at radius 2 is 1.76 bits per heavy atom. The van der Waals surface area contributed by atoms with Gasteiger partial charge < -0.3 is 5.11 Å². The highest BCUT2D eigenvalue weighted by atomic mass is 16.3. The SMILES string of the molecule is C=CCn1c(=O)n(C)c(=O)n(CC(C)O)c1=O. The van der Waals surface area contributed by atoms with Crippen molar-refractivity contribution in [2.75, 3.05) is 0 Å². The molecule has 1 atom stereocenters. The van der Waals surface area contributed by atoms with Gasteiger partial charge in [-0.2, -0.15) is 0 Å². The minimum atomic E-state index is -0.852. The Morgan fingerprint density at radius 3 is 2.24 bits per heavy atom. The predicted octanol–water partition coefficient (Wildman–Crippen LogP) is -1.72. The van der Waals surface area contributed by atoms with Crippen molar-refractivity contribution in [1.29, 1.82) is 0 Å². The van der Waals surface area contributed by atoms with Crippen LogP contribution < -0.4 is 17.1 Å². The number of hydrogen-bond acceptors (Lipinski definition) is 4. The molecule has 0 aliphatic rings. The molecular weight excluding hydrogens is 226 g/mol. The van der Waals surface area contributed by atoms with Crippen molar-refractivity contribution in [3.63, 3.8) is 0 Å². The van der Waals surface area contributed by atoms with E-state index in [2.05, 4.69) is 6.58 Å². The molecule has 7 heteroatoms. The number of hydrogen-bond donors (Lipinski definition) is 1. The quantitative estimate of drug-likeness (QED) is 0.635. The summed E-state index contributed by atoms with van der Waals surface area (Å²) in [6.45, 7) is 4.76. The lowest BCUT2D eigenvalue weighted by atomic mass is 10.4. The van der Waals surface area contributed by atoms with E-state index in [0.717, 1.165) is 13.7 Å². The molecule has 7 nitrogen and oxygen atoms in total. The average molecular weight is 241 g/mol. The van der Waals surface area contributed by atoms with Crippen molar-refractivity contribution < 1.29 is 5.11 Å². The maximum Gasteiger partial charge on any atom is 0.336 e. The number of rotatable bonds is 4. The van der Waals surface area contributed by atoms with Crippen LogP contribution in [0, 0.1) is 0 Å². The summed E-state index contributed by atoms with van der Waals surface area (Å²) < 4.78 is 2.54. The van der Waals surface area contributed by atoms with E-state index in [1.165, 1.54) is 20.0 Å². The molecule has 0 amide bonds. The minimum absolute atomic E-state index is 0.0194. The maximum atomic E-state index is 11.8. The van der Waals surface area contributed by atoms with Gasteiger partial charge in [0.25, 0.3) is 0 Å². The second-order valence-corrected chi connectivity index (χ2v) is 3.77. The average Bonchev–Trinajstić information content (AvgIpc) is 2.27. The van der Waals surface area contributed by atoms with Gasteiger partial charge >= 0.3 is 17.1 Å². The van der Waals surface area contributed by atoms with E-state index in [4.69, 9.17) is 0 Å². The largest absolute Gasteiger partial charge is 0.392 e. The lowest BCUT2D eigenvalue weighted by Crippen LogP contribution is -2.54. The molecule has 0 fully saturated rings. The van der Waals surface area contributed by atoms with Crippen LogP contribution in [0.3, 0.4) is 0 Å². The van der Waals surface area contributed by atoms with Crippen molar-refractivity contribution in [2.24, 2.45) is 7.05 Å². The normalized spacial score (nSPS) is 12.4. The molecule has 17 heavy (non-hydrogen) atoms. The number of nitrogens with zero attached hydrogens (tertiary/aromatic N) is 3. The Hall–Kier alpha value is -1.89. The van der Waals surface area contributed by atoms with Crippen LogP contribution in [0.4, 0.5) is 0 Å². The van der Waals surface area contributed by atoms with E-state index in [1.807, 2.05) is 0 Å². The molecule has 1 heterocycles. The lowest BCUT2D eigenvalue weighted by molar-refractivity contribution is 0.167. The first-order chi connectivity index (χ1) is 7.90. The third kappa shape index (κ3) is 2.44. The topological polar surface area (TPSA) is 86.2 Å². The molecular formula is C10H15N3O4. The second-order valence-electron chi connectivity index (χ2n) is 3.77. The van der Waals surface area contributed by atoms with Crippen molar-refractivity contribution in [1.82, 2.24) is 13.7 Å². The molecule has 0 saturated carbocycles. The Bertz CT molecular complexity index is 591. The highest BCUT2D eigenvalue weighted by Gasteiger charge is 2.13. The van der Waals surface area contributed by atoms with Gasteiger partial charge in [0.15, 0.2) is 0 Å². The Kier molecular flexibility index (Phi) is 3.84. The van der Waals surface area contributed by atoms with Crippen LogP contribution in [0.1, 0.15) is 6.92 Å². The highest BCUT2D eigenvalue weighted by Crippen LogP contribution is 1.82. The standard InChI is InChI=1S/C10H15N3O4/c1-4-5-12-8(15)11(3)9(16)13(10(12)17)6-7(2)14/h4,7,14H,1,5-6H2,2-3H3. The first kappa shape index (κ1) is 13.2. The van der Waals surface area contributed by atoms with E-state index in [0.29, 0.717) is 0 Å².